The third kappa shape index (κ3) is 3.42. The molecule has 1 N–H and O–H groups in total. The first-order valence-corrected chi connectivity index (χ1v) is 6.05. The highest BCUT2D eigenvalue weighted by atomic mass is 16.4. The molecule has 0 fully saturated rings. The number of oxime groups is 1. The predicted octanol–water partition coefficient (Wildman–Crippen LogP) is 3.28. The summed E-state index contributed by atoms with van der Waals surface area (Å²) in [6, 6.07) is 13.8. The SMILES string of the molecule is ON=C(CCCc1ccncc1)c1ccccc1. The Kier molecular flexibility index (Phi) is 4.47. The number of aryl methyl sites for hydroxylation is 1. The molecule has 0 amide bonds. The minimum Gasteiger partial charge on any atom is -0.411 e. The minimum absolute atomic E-state index is 0.740. The van der Waals surface area contributed by atoms with Crippen LogP contribution in [0, 0.1) is 0 Å². The quantitative estimate of drug-likeness (QED) is 0.495. The van der Waals surface area contributed by atoms with Gasteiger partial charge in [-0.1, -0.05) is 35.5 Å². The first kappa shape index (κ1) is 12.3. The van der Waals surface area contributed by atoms with Gasteiger partial charge in [0.25, 0.3) is 0 Å². The molecule has 2 rings (SSSR count). The molecule has 3 heteroatoms. The Morgan fingerprint density at radius 1 is 1.06 bits per heavy atom. The highest BCUT2D eigenvalue weighted by molar-refractivity contribution is 6.00. The van der Waals surface area contributed by atoms with Crippen LogP contribution in [0.5, 0.6) is 0 Å². The van der Waals surface area contributed by atoms with E-state index < -0.39 is 0 Å². The monoisotopic (exact) mass is 240 g/mol. The number of pyridine rings is 1. The third-order valence-electron chi connectivity index (χ3n) is 2.86. The Balaban J connectivity index is 1.90. The molecule has 0 atom stereocenters. The van der Waals surface area contributed by atoms with Crippen molar-refractivity contribution in [1.82, 2.24) is 4.98 Å². The summed E-state index contributed by atoms with van der Waals surface area (Å²) in [6.45, 7) is 0. The maximum absolute atomic E-state index is 9.05. The molecule has 1 aromatic carbocycles. The van der Waals surface area contributed by atoms with Crippen LogP contribution in [-0.2, 0) is 6.42 Å². The van der Waals surface area contributed by atoms with Gasteiger partial charge in [-0.2, -0.15) is 0 Å². The van der Waals surface area contributed by atoms with Crippen molar-refractivity contribution in [2.75, 3.05) is 0 Å². The van der Waals surface area contributed by atoms with E-state index in [4.69, 9.17) is 5.21 Å². The number of benzene rings is 1. The van der Waals surface area contributed by atoms with E-state index in [-0.39, 0.29) is 0 Å². The van der Waals surface area contributed by atoms with Crippen LogP contribution in [0.25, 0.3) is 0 Å². The molecule has 0 unspecified atom stereocenters. The van der Waals surface area contributed by atoms with E-state index in [2.05, 4.69) is 10.1 Å². The molecular formula is C15H16N2O. The smallest absolute Gasteiger partial charge is 0.0867 e. The van der Waals surface area contributed by atoms with E-state index in [1.165, 1.54) is 5.56 Å². The first-order valence-electron chi connectivity index (χ1n) is 6.05. The van der Waals surface area contributed by atoms with Crippen molar-refractivity contribution in [3.63, 3.8) is 0 Å². The fourth-order valence-electron chi connectivity index (χ4n) is 1.89. The predicted molar refractivity (Wildman–Crippen MR) is 71.9 cm³/mol. The Morgan fingerprint density at radius 3 is 2.44 bits per heavy atom. The summed E-state index contributed by atoms with van der Waals surface area (Å²) in [5.74, 6) is 0. The fraction of sp³-hybridized carbons (Fsp3) is 0.200. The molecule has 0 aliphatic rings. The molecule has 1 aromatic heterocycles. The lowest BCUT2D eigenvalue weighted by Gasteiger charge is -2.04. The number of hydrogen-bond donors (Lipinski definition) is 1. The van der Waals surface area contributed by atoms with Gasteiger partial charge in [-0.15, -0.1) is 0 Å². The van der Waals surface area contributed by atoms with Crippen molar-refractivity contribution >= 4 is 5.71 Å². The van der Waals surface area contributed by atoms with E-state index in [0.717, 1.165) is 30.5 Å². The molecule has 0 radical (unpaired) electrons. The van der Waals surface area contributed by atoms with Crippen molar-refractivity contribution in [1.29, 1.82) is 0 Å². The second-order valence-electron chi connectivity index (χ2n) is 4.12. The van der Waals surface area contributed by atoms with Gasteiger partial charge in [-0.3, -0.25) is 4.98 Å². The van der Waals surface area contributed by atoms with Gasteiger partial charge in [-0.05, 0) is 42.5 Å². The van der Waals surface area contributed by atoms with Crippen LogP contribution in [0.2, 0.25) is 0 Å². The van der Waals surface area contributed by atoms with Crippen molar-refractivity contribution in [3.05, 3.63) is 66.0 Å². The molecule has 1 heterocycles. The zero-order chi connectivity index (χ0) is 12.6. The molecule has 0 saturated heterocycles. The van der Waals surface area contributed by atoms with Crippen LogP contribution in [-0.4, -0.2) is 15.9 Å². The van der Waals surface area contributed by atoms with Gasteiger partial charge in [0.2, 0.25) is 0 Å². The van der Waals surface area contributed by atoms with Gasteiger partial charge in [0.05, 0.1) is 5.71 Å². The van der Waals surface area contributed by atoms with Crippen molar-refractivity contribution in [2.45, 2.75) is 19.3 Å². The summed E-state index contributed by atoms with van der Waals surface area (Å²) >= 11 is 0. The maximum atomic E-state index is 9.05. The van der Waals surface area contributed by atoms with E-state index in [1.54, 1.807) is 12.4 Å². The molecule has 2 aromatic rings. The number of aromatic nitrogens is 1. The van der Waals surface area contributed by atoms with E-state index >= 15 is 0 Å². The molecule has 18 heavy (non-hydrogen) atoms. The number of rotatable bonds is 5. The zero-order valence-corrected chi connectivity index (χ0v) is 10.2. The summed E-state index contributed by atoms with van der Waals surface area (Å²) in [5.41, 5.74) is 2.98. The Morgan fingerprint density at radius 2 is 1.78 bits per heavy atom. The molecule has 3 nitrogen and oxygen atoms in total. The molecule has 0 aliphatic heterocycles. The minimum atomic E-state index is 0.740. The molecule has 0 spiro atoms. The lowest BCUT2D eigenvalue weighted by atomic mass is 10.0. The standard InChI is InChI=1S/C15H16N2O/c18-17-15(14-6-2-1-3-7-14)8-4-5-13-9-11-16-12-10-13/h1-3,6-7,9-12,18H,4-5,8H2. The Labute approximate surface area is 107 Å². The average Bonchev–Trinajstić information content (AvgIpc) is 2.46. The lowest BCUT2D eigenvalue weighted by molar-refractivity contribution is 0.318. The lowest BCUT2D eigenvalue weighted by Crippen LogP contribution is -2.01. The van der Waals surface area contributed by atoms with Gasteiger partial charge in [0.1, 0.15) is 0 Å². The number of hydrogen-bond acceptors (Lipinski definition) is 3. The summed E-state index contributed by atoms with van der Waals surface area (Å²) in [7, 11) is 0. The van der Waals surface area contributed by atoms with Gasteiger partial charge in [-0.25, -0.2) is 0 Å². The zero-order valence-electron chi connectivity index (χ0n) is 10.2. The normalized spacial score (nSPS) is 11.4. The summed E-state index contributed by atoms with van der Waals surface area (Å²) in [4.78, 5) is 3.99. The highest BCUT2D eigenvalue weighted by Gasteiger charge is 2.03. The van der Waals surface area contributed by atoms with Gasteiger partial charge in [0.15, 0.2) is 0 Å². The van der Waals surface area contributed by atoms with Gasteiger partial charge in [0, 0.05) is 12.4 Å². The van der Waals surface area contributed by atoms with Crippen molar-refractivity contribution in [3.8, 4) is 0 Å². The van der Waals surface area contributed by atoms with E-state index in [1.807, 2.05) is 42.5 Å². The Hall–Kier alpha value is -2.16. The topological polar surface area (TPSA) is 45.5 Å². The third-order valence-corrected chi connectivity index (χ3v) is 2.86. The van der Waals surface area contributed by atoms with Crippen molar-refractivity contribution in [2.24, 2.45) is 5.16 Å². The number of nitrogens with zero attached hydrogens (tertiary/aromatic N) is 2. The Bertz CT molecular complexity index is 494. The highest BCUT2D eigenvalue weighted by Crippen LogP contribution is 2.09. The van der Waals surface area contributed by atoms with Crippen LogP contribution in [0.1, 0.15) is 24.0 Å². The van der Waals surface area contributed by atoms with Crippen LogP contribution >= 0.6 is 0 Å². The first-order chi connectivity index (χ1) is 8.90. The fourth-order valence-corrected chi connectivity index (χ4v) is 1.89. The van der Waals surface area contributed by atoms with Crippen LogP contribution in [0.3, 0.4) is 0 Å². The molecular weight excluding hydrogens is 224 g/mol. The summed E-state index contributed by atoms with van der Waals surface area (Å²) in [6.07, 6.45) is 6.29. The van der Waals surface area contributed by atoms with Gasteiger partial charge < -0.3 is 5.21 Å². The maximum Gasteiger partial charge on any atom is 0.0867 e. The summed E-state index contributed by atoms with van der Waals surface area (Å²) < 4.78 is 0. The average molecular weight is 240 g/mol. The van der Waals surface area contributed by atoms with Crippen LogP contribution in [0.15, 0.2) is 60.0 Å². The van der Waals surface area contributed by atoms with E-state index in [0.29, 0.717) is 0 Å². The molecule has 0 bridgehead atoms. The summed E-state index contributed by atoms with van der Waals surface area (Å²) in [5, 5.41) is 12.4. The molecule has 0 saturated carbocycles. The van der Waals surface area contributed by atoms with Crippen molar-refractivity contribution < 1.29 is 5.21 Å². The second-order valence-corrected chi connectivity index (χ2v) is 4.12. The van der Waals surface area contributed by atoms with Crippen LogP contribution in [0.4, 0.5) is 0 Å². The molecule has 92 valence electrons. The van der Waals surface area contributed by atoms with Gasteiger partial charge >= 0.3 is 0 Å². The van der Waals surface area contributed by atoms with E-state index in [9.17, 15) is 0 Å². The van der Waals surface area contributed by atoms with Crippen LogP contribution < -0.4 is 0 Å². The second kappa shape index (κ2) is 6.55. The molecule has 0 aliphatic carbocycles. The largest absolute Gasteiger partial charge is 0.411 e.